The van der Waals surface area contributed by atoms with E-state index in [1.165, 1.54) is 0 Å². The lowest BCUT2D eigenvalue weighted by Gasteiger charge is -2.13. The van der Waals surface area contributed by atoms with Crippen molar-refractivity contribution >= 4 is 62.3 Å². The highest BCUT2D eigenvalue weighted by molar-refractivity contribution is 7.80. The minimum absolute atomic E-state index is 0.182. The number of para-hydroxylation sites is 1. The maximum Gasteiger partial charge on any atom is 0.291 e. The summed E-state index contributed by atoms with van der Waals surface area (Å²) in [5.74, 6) is -0.381. The fourth-order valence-electron chi connectivity index (χ4n) is 3.83. The summed E-state index contributed by atoms with van der Waals surface area (Å²) in [6.07, 6.45) is 0. The Kier molecular flexibility index (Phi) is 5.99. The first-order valence-electron chi connectivity index (χ1n) is 11.0. The number of nitrogens with one attached hydrogen (secondary N) is 3. The molecular formula is C28H21N3O3S. The summed E-state index contributed by atoms with van der Waals surface area (Å²) in [7, 11) is 0. The van der Waals surface area contributed by atoms with E-state index in [0.29, 0.717) is 22.5 Å². The highest BCUT2D eigenvalue weighted by Gasteiger charge is 2.14. The molecule has 0 aliphatic carbocycles. The predicted molar refractivity (Wildman–Crippen MR) is 143 cm³/mol. The van der Waals surface area contributed by atoms with Crippen LogP contribution >= 0.6 is 12.2 Å². The molecule has 0 radical (unpaired) electrons. The van der Waals surface area contributed by atoms with Gasteiger partial charge in [-0.2, -0.15) is 0 Å². The van der Waals surface area contributed by atoms with Crippen LogP contribution in [0.3, 0.4) is 0 Å². The Bertz CT molecular complexity index is 1570. The summed E-state index contributed by atoms with van der Waals surface area (Å²) >= 11 is 5.32. The number of thiocarbonyl (C=S) groups is 1. The summed E-state index contributed by atoms with van der Waals surface area (Å²) < 4.78 is 5.63. The molecule has 35 heavy (non-hydrogen) atoms. The molecule has 6 nitrogen and oxygen atoms in total. The van der Waals surface area contributed by atoms with Crippen molar-refractivity contribution in [3.63, 3.8) is 0 Å². The molecule has 0 saturated carbocycles. The quantitative estimate of drug-likeness (QED) is 0.265. The largest absolute Gasteiger partial charge is 0.451 e. The van der Waals surface area contributed by atoms with Crippen molar-refractivity contribution in [1.82, 2.24) is 5.32 Å². The normalized spacial score (nSPS) is 10.8. The monoisotopic (exact) mass is 479 g/mol. The topological polar surface area (TPSA) is 83.4 Å². The Morgan fingerprint density at radius 3 is 2.26 bits per heavy atom. The van der Waals surface area contributed by atoms with Crippen LogP contribution < -0.4 is 16.0 Å². The molecule has 3 N–H and O–H groups in total. The van der Waals surface area contributed by atoms with Gasteiger partial charge in [0.2, 0.25) is 0 Å². The average Bonchev–Trinajstić information content (AvgIpc) is 3.30. The van der Waals surface area contributed by atoms with Crippen LogP contribution in [0.4, 0.5) is 11.4 Å². The first-order valence-corrected chi connectivity index (χ1v) is 11.4. The van der Waals surface area contributed by atoms with E-state index < -0.39 is 0 Å². The third kappa shape index (κ3) is 4.90. The Hall–Kier alpha value is -4.49. The van der Waals surface area contributed by atoms with Crippen molar-refractivity contribution in [2.24, 2.45) is 0 Å². The van der Waals surface area contributed by atoms with Gasteiger partial charge in [0.1, 0.15) is 5.58 Å². The number of rotatable bonds is 4. The third-order valence-electron chi connectivity index (χ3n) is 5.62. The number of benzene rings is 4. The molecule has 2 amide bonds. The number of anilines is 2. The molecular weight excluding hydrogens is 458 g/mol. The molecule has 0 aliphatic rings. The van der Waals surface area contributed by atoms with Gasteiger partial charge in [-0.3, -0.25) is 14.9 Å². The summed E-state index contributed by atoms with van der Waals surface area (Å²) in [5, 5.41) is 11.7. The van der Waals surface area contributed by atoms with Gasteiger partial charge < -0.3 is 15.1 Å². The Morgan fingerprint density at radius 2 is 1.49 bits per heavy atom. The summed E-state index contributed by atoms with van der Waals surface area (Å²) in [6, 6.07) is 27.9. The van der Waals surface area contributed by atoms with E-state index >= 15 is 0 Å². The third-order valence-corrected chi connectivity index (χ3v) is 5.82. The van der Waals surface area contributed by atoms with Gasteiger partial charge in [0, 0.05) is 22.3 Å². The Labute approximate surface area is 206 Å². The van der Waals surface area contributed by atoms with E-state index in [-0.39, 0.29) is 22.7 Å². The summed E-state index contributed by atoms with van der Waals surface area (Å²) in [4.78, 5) is 25.3. The van der Waals surface area contributed by atoms with Gasteiger partial charge in [-0.1, -0.05) is 48.5 Å². The standard InChI is InChI=1S/C28H21N3O3S/c1-17-14-22(12-13-23(17)30-27(33)25-16-20-8-4-5-9-24(20)34-25)29-28(35)31-26(32)21-11-10-18-6-2-3-7-19(18)15-21/h2-16H,1H3,(H,30,33)(H2,29,31,32,35). The zero-order valence-electron chi connectivity index (χ0n) is 18.8. The maximum atomic E-state index is 12.6. The first-order chi connectivity index (χ1) is 17.0. The summed E-state index contributed by atoms with van der Waals surface area (Å²) in [6.45, 7) is 1.87. The molecule has 0 fully saturated rings. The second kappa shape index (κ2) is 9.40. The second-order valence-electron chi connectivity index (χ2n) is 8.10. The van der Waals surface area contributed by atoms with Crippen LogP contribution in [0.2, 0.25) is 0 Å². The number of aryl methyl sites for hydroxylation is 1. The molecule has 1 aromatic heterocycles. The molecule has 0 unspecified atom stereocenters. The lowest BCUT2D eigenvalue weighted by Crippen LogP contribution is -2.34. The fourth-order valence-corrected chi connectivity index (χ4v) is 4.04. The molecule has 5 aromatic rings. The van der Waals surface area contributed by atoms with Gasteiger partial charge in [-0.15, -0.1) is 0 Å². The van der Waals surface area contributed by atoms with Gasteiger partial charge in [0.25, 0.3) is 11.8 Å². The van der Waals surface area contributed by atoms with Crippen LogP contribution in [-0.4, -0.2) is 16.9 Å². The van der Waals surface area contributed by atoms with Crippen molar-refractivity contribution in [1.29, 1.82) is 0 Å². The number of carbonyl (C=O) groups is 2. The molecule has 0 saturated heterocycles. The highest BCUT2D eigenvalue weighted by Crippen LogP contribution is 2.23. The van der Waals surface area contributed by atoms with Crippen molar-refractivity contribution in [2.75, 3.05) is 10.6 Å². The summed E-state index contributed by atoms with van der Waals surface area (Å²) in [5.41, 5.74) is 3.34. The molecule has 0 bridgehead atoms. The predicted octanol–water partition coefficient (Wildman–Crippen LogP) is 6.27. The molecule has 0 spiro atoms. The highest BCUT2D eigenvalue weighted by atomic mass is 32.1. The number of amides is 2. The molecule has 0 atom stereocenters. The molecule has 5 rings (SSSR count). The van der Waals surface area contributed by atoms with Gasteiger partial charge in [0.05, 0.1) is 0 Å². The van der Waals surface area contributed by atoms with Crippen LogP contribution in [0, 0.1) is 6.92 Å². The zero-order chi connectivity index (χ0) is 24.4. The minimum atomic E-state index is -0.330. The van der Waals surface area contributed by atoms with Crippen molar-refractivity contribution in [2.45, 2.75) is 6.92 Å². The lowest BCUT2D eigenvalue weighted by molar-refractivity contribution is 0.0975. The van der Waals surface area contributed by atoms with Gasteiger partial charge >= 0.3 is 0 Å². The van der Waals surface area contributed by atoms with Crippen LogP contribution in [0.15, 0.2) is 95.4 Å². The SMILES string of the molecule is Cc1cc(NC(=S)NC(=O)c2ccc3ccccc3c2)ccc1NC(=O)c1cc2ccccc2o1. The molecule has 0 aliphatic heterocycles. The van der Waals surface area contributed by atoms with Crippen molar-refractivity contribution in [3.05, 3.63) is 108 Å². The Morgan fingerprint density at radius 1 is 0.743 bits per heavy atom. The fraction of sp³-hybridized carbons (Fsp3) is 0.0357. The number of fused-ring (bicyclic) bond motifs is 2. The number of carbonyl (C=O) groups excluding carboxylic acids is 2. The Balaban J connectivity index is 1.22. The molecule has 1 heterocycles. The van der Waals surface area contributed by atoms with Crippen LogP contribution in [-0.2, 0) is 0 Å². The average molecular weight is 480 g/mol. The van der Waals surface area contributed by atoms with E-state index in [9.17, 15) is 9.59 Å². The minimum Gasteiger partial charge on any atom is -0.451 e. The number of hydrogen-bond acceptors (Lipinski definition) is 4. The van der Waals surface area contributed by atoms with E-state index in [4.69, 9.17) is 16.6 Å². The van der Waals surface area contributed by atoms with E-state index in [1.807, 2.05) is 73.7 Å². The van der Waals surface area contributed by atoms with Crippen molar-refractivity contribution < 1.29 is 14.0 Å². The molecule has 7 heteroatoms. The first kappa shape index (κ1) is 22.3. The van der Waals surface area contributed by atoms with E-state index in [0.717, 1.165) is 21.7 Å². The van der Waals surface area contributed by atoms with Crippen LogP contribution in [0.5, 0.6) is 0 Å². The van der Waals surface area contributed by atoms with Gasteiger partial charge in [0.15, 0.2) is 10.9 Å². The van der Waals surface area contributed by atoms with E-state index in [1.54, 1.807) is 24.3 Å². The van der Waals surface area contributed by atoms with Crippen molar-refractivity contribution in [3.8, 4) is 0 Å². The zero-order valence-corrected chi connectivity index (χ0v) is 19.6. The number of furan rings is 1. The number of hydrogen-bond donors (Lipinski definition) is 3. The lowest BCUT2D eigenvalue weighted by atomic mass is 10.1. The smallest absolute Gasteiger partial charge is 0.291 e. The maximum absolute atomic E-state index is 12.6. The van der Waals surface area contributed by atoms with Gasteiger partial charge in [-0.25, -0.2) is 0 Å². The van der Waals surface area contributed by atoms with Gasteiger partial charge in [-0.05, 0) is 77.9 Å². The molecule has 4 aromatic carbocycles. The van der Waals surface area contributed by atoms with E-state index in [2.05, 4.69) is 16.0 Å². The van der Waals surface area contributed by atoms with Crippen LogP contribution in [0.1, 0.15) is 26.5 Å². The van der Waals surface area contributed by atoms with Crippen LogP contribution in [0.25, 0.3) is 21.7 Å². The molecule has 172 valence electrons. The second-order valence-corrected chi connectivity index (χ2v) is 8.51.